The number of allylic oxidation sites excluding steroid dienone is 1. The van der Waals surface area contributed by atoms with Gasteiger partial charge in [0.1, 0.15) is 11.3 Å². The van der Waals surface area contributed by atoms with Gasteiger partial charge in [-0.25, -0.2) is 4.98 Å². The van der Waals surface area contributed by atoms with Crippen LogP contribution in [0.25, 0.3) is 17.2 Å². The number of fused-ring (bicyclic) bond motifs is 1. The third kappa shape index (κ3) is 2.75. The number of ketones is 1. The Balaban J connectivity index is 1.87. The normalized spacial score (nSPS) is 11.3. The van der Waals surface area contributed by atoms with Crippen molar-refractivity contribution in [3.05, 3.63) is 46.8 Å². The summed E-state index contributed by atoms with van der Waals surface area (Å²) < 4.78 is 0. The molecule has 5 N–H and O–H groups in total. The number of nitrogen functional groups attached to an aromatic ring is 2. The van der Waals surface area contributed by atoms with Crippen molar-refractivity contribution in [2.45, 2.75) is 0 Å². The Morgan fingerprint density at radius 1 is 1.14 bits per heavy atom. The molecule has 8 heteroatoms. The SMILES string of the molecule is Nc1nc(N)c2[nH]c(/C=C/C(=O)c3ccc(Cl)cc3)nc2n1. The summed E-state index contributed by atoms with van der Waals surface area (Å²) in [5.74, 6) is 0.516. The molecule has 0 spiro atoms. The fourth-order valence-corrected chi connectivity index (χ4v) is 2.02. The van der Waals surface area contributed by atoms with Crippen molar-refractivity contribution in [1.82, 2.24) is 19.9 Å². The van der Waals surface area contributed by atoms with Gasteiger partial charge in [-0.15, -0.1) is 0 Å². The van der Waals surface area contributed by atoms with Crippen LogP contribution in [0.4, 0.5) is 11.8 Å². The number of carbonyl (C=O) groups is 1. The highest BCUT2D eigenvalue weighted by atomic mass is 35.5. The molecule has 0 fully saturated rings. The number of nitrogens with zero attached hydrogens (tertiary/aromatic N) is 3. The van der Waals surface area contributed by atoms with Crippen LogP contribution in [0.2, 0.25) is 5.02 Å². The van der Waals surface area contributed by atoms with Crippen LogP contribution in [-0.4, -0.2) is 25.7 Å². The Kier molecular flexibility index (Phi) is 3.48. The van der Waals surface area contributed by atoms with Crippen molar-refractivity contribution >= 4 is 46.4 Å². The first-order valence-electron chi connectivity index (χ1n) is 6.29. The molecule has 0 aliphatic heterocycles. The molecule has 2 heterocycles. The Labute approximate surface area is 130 Å². The molecule has 0 amide bonds. The second kappa shape index (κ2) is 5.45. The number of nitrogens with two attached hydrogens (primary N) is 2. The van der Waals surface area contributed by atoms with E-state index in [2.05, 4.69) is 19.9 Å². The zero-order chi connectivity index (χ0) is 15.7. The second-order valence-corrected chi connectivity index (χ2v) is 4.93. The summed E-state index contributed by atoms with van der Waals surface area (Å²) in [5.41, 5.74) is 12.6. The number of carbonyl (C=O) groups excluding carboxylic acids is 1. The van der Waals surface area contributed by atoms with E-state index in [1.807, 2.05) is 0 Å². The molecule has 22 heavy (non-hydrogen) atoms. The lowest BCUT2D eigenvalue weighted by atomic mass is 10.1. The lowest BCUT2D eigenvalue weighted by Crippen LogP contribution is -1.99. The number of hydrogen-bond acceptors (Lipinski definition) is 6. The minimum atomic E-state index is -0.171. The van der Waals surface area contributed by atoms with E-state index in [1.165, 1.54) is 12.2 Å². The number of rotatable bonds is 3. The van der Waals surface area contributed by atoms with Gasteiger partial charge in [0.15, 0.2) is 17.2 Å². The first-order valence-corrected chi connectivity index (χ1v) is 6.67. The monoisotopic (exact) mass is 314 g/mol. The Morgan fingerprint density at radius 2 is 1.86 bits per heavy atom. The maximum atomic E-state index is 12.0. The van der Waals surface area contributed by atoms with E-state index in [1.54, 1.807) is 24.3 Å². The fourth-order valence-electron chi connectivity index (χ4n) is 1.90. The molecule has 0 radical (unpaired) electrons. The van der Waals surface area contributed by atoms with E-state index >= 15 is 0 Å². The predicted molar refractivity (Wildman–Crippen MR) is 85.3 cm³/mol. The molecule has 0 saturated carbocycles. The highest BCUT2D eigenvalue weighted by Gasteiger charge is 2.08. The van der Waals surface area contributed by atoms with E-state index < -0.39 is 0 Å². The number of imidazole rings is 1. The van der Waals surface area contributed by atoms with Crippen molar-refractivity contribution < 1.29 is 4.79 Å². The molecule has 0 aliphatic carbocycles. The van der Waals surface area contributed by atoms with E-state index in [0.717, 1.165) is 0 Å². The van der Waals surface area contributed by atoms with Crippen molar-refractivity contribution in [3.8, 4) is 0 Å². The van der Waals surface area contributed by atoms with Crippen LogP contribution >= 0.6 is 11.6 Å². The van der Waals surface area contributed by atoms with E-state index in [-0.39, 0.29) is 17.5 Å². The smallest absolute Gasteiger partial charge is 0.224 e. The van der Waals surface area contributed by atoms with Gasteiger partial charge in [-0.1, -0.05) is 11.6 Å². The lowest BCUT2D eigenvalue weighted by molar-refractivity contribution is 0.104. The minimum absolute atomic E-state index is 0.0456. The number of H-pyrrole nitrogens is 1. The fraction of sp³-hybridized carbons (Fsp3) is 0. The third-order valence-corrected chi connectivity index (χ3v) is 3.19. The standard InChI is InChI=1S/C14H11ClN6O/c15-8-3-1-7(2-4-8)9(22)5-6-10-18-11-12(16)20-14(17)21-13(11)19-10/h1-6H,(H5,16,17,18,19,20,21)/b6-5+. The summed E-state index contributed by atoms with van der Waals surface area (Å²) >= 11 is 5.78. The second-order valence-electron chi connectivity index (χ2n) is 4.49. The van der Waals surface area contributed by atoms with Gasteiger partial charge in [-0.2, -0.15) is 9.97 Å². The predicted octanol–water partition coefficient (Wildman–Crippen LogP) is 2.07. The molecule has 7 nitrogen and oxygen atoms in total. The van der Waals surface area contributed by atoms with Crippen LogP contribution in [0.5, 0.6) is 0 Å². The topological polar surface area (TPSA) is 124 Å². The van der Waals surface area contributed by atoms with Crippen LogP contribution in [0, 0.1) is 0 Å². The summed E-state index contributed by atoms with van der Waals surface area (Å²) in [4.78, 5) is 26.9. The molecule has 0 unspecified atom stereocenters. The molecule has 0 aliphatic rings. The number of anilines is 2. The molecule has 1 aromatic carbocycles. The van der Waals surface area contributed by atoms with E-state index in [0.29, 0.717) is 27.6 Å². The first kappa shape index (κ1) is 14.0. The van der Waals surface area contributed by atoms with Gasteiger partial charge < -0.3 is 16.5 Å². The molecule has 2 aromatic heterocycles. The lowest BCUT2D eigenvalue weighted by Gasteiger charge is -1.95. The van der Waals surface area contributed by atoms with Crippen LogP contribution < -0.4 is 11.5 Å². The summed E-state index contributed by atoms with van der Waals surface area (Å²) in [6.45, 7) is 0. The number of aromatic nitrogens is 4. The maximum absolute atomic E-state index is 12.0. The summed E-state index contributed by atoms with van der Waals surface area (Å²) in [7, 11) is 0. The molecule has 0 saturated heterocycles. The van der Waals surface area contributed by atoms with Crippen molar-refractivity contribution in [2.75, 3.05) is 11.5 Å². The minimum Gasteiger partial charge on any atom is -0.382 e. The van der Waals surface area contributed by atoms with Gasteiger partial charge >= 0.3 is 0 Å². The number of nitrogens with one attached hydrogen (secondary N) is 1. The van der Waals surface area contributed by atoms with Gasteiger partial charge in [0, 0.05) is 10.6 Å². The number of hydrogen-bond donors (Lipinski definition) is 3. The van der Waals surface area contributed by atoms with Gasteiger partial charge in [0.2, 0.25) is 5.95 Å². The van der Waals surface area contributed by atoms with Crippen molar-refractivity contribution in [3.63, 3.8) is 0 Å². The average molecular weight is 315 g/mol. The van der Waals surface area contributed by atoms with Gasteiger partial charge in [0.05, 0.1) is 0 Å². The highest BCUT2D eigenvalue weighted by Crippen LogP contribution is 2.17. The number of aromatic amines is 1. The molecule has 0 atom stereocenters. The average Bonchev–Trinajstić information content (AvgIpc) is 2.89. The van der Waals surface area contributed by atoms with Crippen LogP contribution in [0.15, 0.2) is 30.3 Å². The Morgan fingerprint density at radius 3 is 2.59 bits per heavy atom. The number of benzene rings is 1. The zero-order valence-corrected chi connectivity index (χ0v) is 12.0. The Hall–Kier alpha value is -2.93. The van der Waals surface area contributed by atoms with E-state index in [9.17, 15) is 4.79 Å². The first-order chi connectivity index (χ1) is 10.5. The van der Waals surface area contributed by atoms with Gasteiger partial charge in [-0.05, 0) is 36.4 Å². The third-order valence-electron chi connectivity index (χ3n) is 2.94. The molecule has 3 aromatic rings. The Bertz CT molecular complexity index is 884. The highest BCUT2D eigenvalue weighted by molar-refractivity contribution is 6.30. The number of halogens is 1. The van der Waals surface area contributed by atoms with Crippen molar-refractivity contribution in [2.24, 2.45) is 0 Å². The molecule has 0 bridgehead atoms. The van der Waals surface area contributed by atoms with Crippen molar-refractivity contribution in [1.29, 1.82) is 0 Å². The quantitative estimate of drug-likeness (QED) is 0.502. The molecule has 3 rings (SSSR count). The zero-order valence-electron chi connectivity index (χ0n) is 11.2. The molecule has 110 valence electrons. The summed E-state index contributed by atoms with van der Waals surface area (Å²) in [6.07, 6.45) is 2.93. The largest absolute Gasteiger partial charge is 0.382 e. The van der Waals surface area contributed by atoms with Gasteiger partial charge in [0.25, 0.3) is 0 Å². The van der Waals surface area contributed by atoms with Crippen LogP contribution in [-0.2, 0) is 0 Å². The molecular weight excluding hydrogens is 304 g/mol. The van der Waals surface area contributed by atoms with Gasteiger partial charge in [-0.3, -0.25) is 4.79 Å². The van der Waals surface area contributed by atoms with Crippen LogP contribution in [0.1, 0.15) is 16.2 Å². The van der Waals surface area contributed by atoms with E-state index in [4.69, 9.17) is 23.1 Å². The van der Waals surface area contributed by atoms with Crippen LogP contribution in [0.3, 0.4) is 0 Å². The summed E-state index contributed by atoms with van der Waals surface area (Å²) in [6, 6.07) is 6.61. The summed E-state index contributed by atoms with van der Waals surface area (Å²) in [5, 5.41) is 0.574. The molecular formula is C14H11ClN6O. The maximum Gasteiger partial charge on any atom is 0.224 e.